The fraction of sp³-hybridized carbons (Fsp3) is 0.294. The van der Waals surface area contributed by atoms with Gasteiger partial charge in [0, 0.05) is 25.1 Å². The number of hydrogen-bond acceptors (Lipinski definition) is 3. The SMILES string of the molecule is OCCNCc1ccccc1OCCc1ccccc1. The molecule has 0 aliphatic heterocycles. The van der Waals surface area contributed by atoms with Crippen LogP contribution >= 0.6 is 0 Å². The summed E-state index contributed by atoms with van der Waals surface area (Å²) in [5, 5.41) is 12.0. The maximum absolute atomic E-state index is 8.79. The van der Waals surface area contributed by atoms with Gasteiger partial charge in [-0.1, -0.05) is 48.5 Å². The van der Waals surface area contributed by atoms with Crippen molar-refractivity contribution in [3.8, 4) is 5.75 Å². The largest absolute Gasteiger partial charge is 0.493 e. The van der Waals surface area contributed by atoms with Crippen molar-refractivity contribution >= 4 is 0 Å². The van der Waals surface area contributed by atoms with Crippen molar-refractivity contribution in [2.45, 2.75) is 13.0 Å². The molecular weight excluding hydrogens is 250 g/mol. The highest BCUT2D eigenvalue weighted by molar-refractivity contribution is 5.33. The van der Waals surface area contributed by atoms with Crippen molar-refractivity contribution in [3.05, 3.63) is 65.7 Å². The Morgan fingerprint density at radius 2 is 1.70 bits per heavy atom. The quantitative estimate of drug-likeness (QED) is 0.724. The van der Waals surface area contributed by atoms with Crippen LogP contribution in [0.3, 0.4) is 0 Å². The van der Waals surface area contributed by atoms with Crippen LogP contribution in [0.15, 0.2) is 54.6 Å². The van der Waals surface area contributed by atoms with Gasteiger partial charge in [0.05, 0.1) is 13.2 Å². The van der Waals surface area contributed by atoms with E-state index in [1.54, 1.807) is 0 Å². The smallest absolute Gasteiger partial charge is 0.123 e. The Balaban J connectivity index is 1.85. The van der Waals surface area contributed by atoms with E-state index in [-0.39, 0.29) is 6.61 Å². The molecular formula is C17H21NO2. The Morgan fingerprint density at radius 1 is 0.950 bits per heavy atom. The van der Waals surface area contributed by atoms with Crippen LogP contribution in [0.1, 0.15) is 11.1 Å². The van der Waals surface area contributed by atoms with Gasteiger partial charge in [0.25, 0.3) is 0 Å². The molecule has 0 aliphatic carbocycles. The second kappa shape index (κ2) is 8.35. The third kappa shape index (κ3) is 4.68. The Hall–Kier alpha value is -1.84. The molecule has 20 heavy (non-hydrogen) atoms. The summed E-state index contributed by atoms with van der Waals surface area (Å²) in [7, 11) is 0. The number of benzene rings is 2. The predicted octanol–water partition coefficient (Wildman–Crippen LogP) is 2.39. The molecule has 106 valence electrons. The Morgan fingerprint density at radius 3 is 2.50 bits per heavy atom. The average molecular weight is 271 g/mol. The van der Waals surface area contributed by atoms with E-state index in [1.165, 1.54) is 5.56 Å². The molecule has 0 bridgehead atoms. The van der Waals surface area contributed by atoms with E-state index in [0.717, 1.165) is 17.7 Å². The zero-order chi connectivity index (χ0) is 14.0. The first-order chi connectivity index (χ1) is 9.90. The zero-order valence-electron chi connectivity index (χ0n) is 11.6. The van der Waals surface area contributed by atoms with Crippen LogP contribution in [0.25, 0.3) is 0 Å². The number of aliphatic hydroxyl groups excluding tert-OH is 1. The molecule has 0 heterocycles. The molecule has 3 nitrogen and oxygen atoms in total. The minimum absolute atomic E-state index is 0.150. The molecule has 0 aromatic heterocycles. The molecule has 0 aliphatic rings. The van der Waals surface area contributed by atoms with Gasteiger partial charge < -0.3 is 15.2 Å². The number of rotatable bonds is 8. The lowest BCUT2D eigenvalue weighted by Gasteiger charge is -2.12. The van der Waals surface area contributed by atoms with Crippen molar-refractivity contribution in [2.24, 2.45) is 0 Å². The van der Waals surface area contributed by atoms with E-state index in [9.17, 15) is 0 Å². The molecule has 0 saturated carbocycles. The van der Waals surface area contributed by atoms with E-state index in [4.69, 9.17) is 9.84 Å². The van der Waals surface area contributed by atoms with Crippen LogP contribution in [0.4, 0.5) is 0 Å². The Labute approximate surface area is 120 Å². The molecule has 2 aromatic rings. The van der Waals surface area contributed by atoms with E-state index < -0.39 is 0 Å². The van der Waals surface area contributed by atoms with Crippen LogP contribution in [0.5, 0.6) is 5.75 Å². The van der Waals surface area contributed by atoms with Gasteiger partial charge in [-0.15, -0.1) is 0 Å². The lowest BCUT2D eigenvalue weighted by atomic mass is 10.1. The third-order valence-corrected chi connectivity index (χ3v) is 3.07. The minimum atomic E-state index is 0.150. The van der Waals surface area contributed by atoms with Crippen molar-refractivity contribution < 1.29 is 9.84 Å². The van der Waals surface area contributed by atoms with Gasteiger partial charge in [0.1, 0.15) is 5.75 Å². The summed E-state index contributed by atoms with van der Waals surface area (Å²) in [6.45, 7) is 2.12. The van der Waals surface area contributed by atoms with E-state index >= 15 is 0 Å². The molecule has 0 fully saturated rings. The maximum Gasteiger partial charge on any atom is 0.123 e. The van der Waals surface area contributed by atoms with Gasteiger partial charge in [-0.3, -0.25) is 0 Å². The van der Waals surface area contributed by atoms with Gasteiger partial charge in [-0.25, -0.2) is 0 Å². The van der Waals surface area contributed by atoms with Crippen LogP contribution in [-0.4, -0.2) is 24.9 Å². The first-order valence-electron chi connectivity index (χ1n) is 6.96. The lowest BCUT2D eigenvalue weighted by Crippen LogP contribution is -2.18. The van der Waals surface area contributed by atoms with Gasteiger partial charge in [-0.2, -0.15) is 0 Å². The number of hydrogen-bond donors (Lipinski definition) is 2. The highest BCUT2D eigenvalue weighted by Crippen LogP contribution is 2.18. The predicted molar refractivity (Wildman–Crippen MR) is 80.9 cm³/mol. The van der Waals surface area contributed by atoms with Crippen molar-refractivity contribution in [1.82, 2.24) is 5.32 Å². The molecule has 0 radical (unpaired) electrons. The molecule has 2 rings (SSSR count). The lowest BCUT2D eigenvalue weighted by molar-refractivity contribution is 0.290. The molecule has 3 heteroatoms. The summed E-state index contributed by atoms with van der Waals surface area (Å²) in [5.74, 6) is 0.911. The number of nitrogens with one attached hydrogen (secondary N) is 1. The minimum Gasteiger partial charge on any atom is -0.493 e. The van der Waals surface area contributed by atoms with Gasteiger partial charge in [0.2, 0.25) is 0 Å². The molecule has 0 spiro atoms. The van der Waals surface area contributed by atoms with E-state index in [1.807, 2.05) is 42.5 Å². The number of aliphatic hydroxyl groups is 1. The van der Waals surface area contributed by atoms with Crippen LogP contribution in [0.2, 0.25) is 0 Å². The summed E-state index contributed by atoms with van der Waals surface area (Å²) >= 11 is 0. The molecule has 0 amide bonds. The van der Waals surface area contributed by atoms with Crippen molar-refractivity contribution in [3.63, 3.8) is 0 Å². The van der Waals surface area contributed by atoms with Gasteiger partial charge in [-0.05, 0) is 11.6 Å². The summed E-state index contributed by atoms with van der Waals surface area (Å²) in [5.41, 5.74) is 2.40. The second-order valence-electron chi connectivity index (χ2n) is 4.59. The summed E-state index contributed by atoms with van der Waals surface area (Å²) in [4.78, 5) is 0. The first-order valence-corrected chi connectivity index (χ1v) is 6.96. The molecule has 2 aromatic carbocycles. The Bertz CT molecular complexity index is 499. The average Bonchev–Trinajstić information content (AvgIpc) is 2.50. The molecule has 0 unspecified atom stereocenters. The third-order valence-electron chi connectivity index (χ3n) is 3.07. The molecule has 0 saturated heterocycles. The summed E-state index contributed by atoms with van der Waals surface area (Å²) in [6, 6.07) is 18.3. The summed E-state index contributed by atoms with van der Waals surface area (Å²) in [6.07, 6.45) is 0.902. The van der Waals surface area contributed by atoms with Crippen molar-refractivity contribution in [2.75, 3.05) is 19.8 Å². The van der Waals surface area contributed by atoms with Gasteiger partial charge >= 0.3 is 0 Å². The van der Waals surface area contributed by atoms with E-state index in [2.05, 4.69) is 17.4 Å². The normalized spacial score (nSPS) is 10.4. The van der Waals surface area contributed by atoms with Crippen LogP contribution in [0, 0.1) is 0 Å². The number of ether oxygens (including phenoxy) is 1. The zero-order valence-corrected chi connectivity index (χ0v) is 11.6. The second-order valence-corrected chi connectivity index (χ2v) is 4.59. The first kappa shape index (κ1) is 14.6. The van der Waals surface area contributed by atoms with Crippen molar-refractivity contribution in [1.29, 1.82) is 0 Å². The topological polar surface area (TPSA) is 41.5 Å². The van der Waals surface area contributed by atoms with Crippen LogP contribution < -0.4 is 10.1 Å². The molecule has 2 N–H and O–H groups in total. The highest BCUT2D eigenvalue weighted by atomic mass is 16.5. The van der Waals surface area contributed by atoms with E-state index in [0.29, 0.717) is 19.7 Å². The monoisotopic (exact) mass is 271 g/mol. The fourth-order valence-corrected chi connectivity index (χ4v) is 2.02. The van der Waals surface area contributed by atoms with Gasteiger partial charge in [0.15, 0.2) is 0 Å². The fourth-order valence-electron chi connectivity index (χ4n) is 2.02. The highest BCUT2D eigenvalue weighted by Gasteiger charge is 2.02. The Kier molecular flexibility index (Phi) is 6.08. The maximum atomic E-state index is 8.79. The van der Waals surface area contributed by atoms with Crippen LogP contribution in [-0.2, 0) is 13.0 Å². The number of para-hydroxylation sites is 1. The standard InChI is InChI=1S/C17H21NO2/c19-12-11-18-14-16-8-4-5-9-17(16)20-13-10-15-6-2-1-3-7-15/h1-9,18-19H,10-14H2. The molecule has 0 atom stereocenters. The summed E-state index contributed by atoms with van der Waals surface area (Å²) < 4.78 is 5.87.